The Labute approximate surface area is 99.6 Å². The van der Waals surface area contributed by atoms with E-state index < -0.39 is 5.97 Å². The first kappa shape index (κ1) is 13.2. The molecular formula is C11H17N3O3. The quantitative estimate of drug-likeness (QED) is 0.809. The fraction of sp³-hybridized carbons (Fsp3) is 0.545. The van der Waals surface area contributed by atoms with Crippen LogP contribution in [0.1, 0.15) is 30.7 Å². The number of carbonyl (C=O) groups excluding carboxylic acids is 1. The van der Waals surface area contributed by atoms with Gasteiger partial charge >= 0.3 is 5.97 Å². The number of carbonyl (C=O) groups is 2. The van der Waals surface area contributed by atoms with Gasteiger partial charge in [0.15, 0.2) is 0 Å². The second-order valence-corrected chi connectivity index (χ2v) is 3.96. The average Bonchev–Trinajstić information content (AvgIpc) is 2.44. The Morgan fingerprint density at radius 2 is 2.00 bits per heavy atom. The third-order valence-corrected chi connectivity index (χ3v) is 2.57. The number of aromatic nitrogens is 2. The van der Waals surface area contributed by atoms with Crippen LogP contribution in [0.4, 0.5) is 5.69 Å². The summed E-state index contributed by atoms with van der Waals surface area (Å²) in [7, 11) is 1.81. The summed E-state index contributed by atoms with van der Waals surface area (Å²) in [5.74, 6) is -1.06. The van der Waals surface area contributed by atoms with Crippen LogP contribution in [-0.2, 0) is 16.6 Å². The molecule has 1 rings (SSSR count). The summed E-state index contributed by atoms with van der Waals surface area (Å²) in [6.07, 6.45) is 0.567. The topological polar surface area (TPSA) is 84.2 Å². The molecule has 0 radical (unpaired) electrons. The molecule has 17 heavy (non-hydrogen) atoms. The predicted molar refractivity (Wildman–Crippen MR) is 62.8 cm³/mol. The van der Waals surface area contributed by atoms with Crippen LogP contribution in [0.3, 0.4) is 0 Å². The zero-order chi connectivity index (χ0) is 13.0. The zero-order valence-corrected chi connectivity index (χ0v) is 10.3. The van der Waals surface area contributed by atoms with Gasteiger partial charge in [-0.3, -0.25) is 14.3 Å². The van der Waals surface area contributed by atoms with Crippen molar-refractivity contribution in [2.75, 3.05) is 5.32 Å². The van der Waals surface area contributed by atoms with E-state index in [2.05, 4.69) is 10.4 Å². The van der Waals surface area contributed by atoms with Gasteiger partial charge < -0.3 is 10.4 Å². The molecule has 0 saturated carbocycles. The molecule has 2 N–H and O–H groups in total. The van der Waals surface area contributed by atoms with Gasteiger partial charge in [-0.2, -0.15) is 5.10 Å². The molecule has 0 spiro atoms. The van der Waals surface area contributed by atoms with Crippen molar-refractivity contribution in [1.29, 1.82) is 0 Å². The Morgan fingerprint density at radius 1 is 1.35 bits per heavy atom. The van der Waals surface area contributed by atoms with E-state index in [9.17, 15) is 9.59 Å². The van der Waals surface area contributed by atoms with Crippen molar-refractivity contribution in [1.82, 2.24) is 9.78 Å². The van der Waals surface area contributed by atoms with Crippen LogP contribution in [0, 0.1) is 13.8 Å². The van der Waals surface area contributed by atoms with Gasteiger partial charge in [0.25, 0.3) is 0 Å². The summed E-state index contributed by atoms with van der Waals surface area (Å²) >= 11 is 0. The molecule has 6 nitrogen and oxygen atoms in total. The molecular weight excluding hydrogens is 222 g/mol. The lowest BCUT2D eigenvalue weighted by Crippen LogP contribution is -2.13. The Bertz CT molecular complexity index is 437. The van der Waals surface area contributed by atoms with E-state index in [0.717, 1.165) is 11.4 Å². The van der Waals surface area contributed by atoms with E-state index >= 15 is 0 Å². The number of nitrogens with zero attached hydrogens (tertiary/aromatic N) is 2. The summed E-state index contributed by atoms with van der Waals surface area (Å²) in [5, 5.41) is 15.4. The molecule has 0 unspecified atom stereocenters. The summed E-state index contributed by atoms with van der Waals surface area (Å²) < 4.78 is 1.70. The maximum atomic E-state index is 11.6. The van der Waals surface area contributed by atoms with Crippen molar-refractivity contribution < 1.29 is 14.7 Å². The minimum absolute atomic E-state index is 0.0123. The number of nitrogens with one attached hydrogen (secondary N) is 1. The van der Waals surface area contributed by atoms with Gasteiger partial charge in [0.2, 0.25) is 5.91 Å². The predicted octanol–water partition coefficient (Wildman–Crippen LogP) is 1.23. The van der Waals surface area contributed by atoms with Crippen molar-refractivity contribution >= 4 is 17.6 Å². The molecule has 1 aromatic rings. The molecule has 0 aromatic carbocycles. The lowest BCUT2D eigenvalue weighted by atomic mass is 10.2. The smallest absolute Gasteiger partial charge is 0.303 e. The largest absolute Gasteiger partial charge is 0.481 e. The number of anilines is 1. The minimum atomic E-state index is -0.883. The van der Waals surface area contributed by atoms with Crippen LogP contribution in [-0.4, -0.2) is 26.8 Å². The highest BCUT2D eigenvalue weighted by Crippen LogP contribution is 2.18. The average molecular weight is 239 g/mol. The number of aliphatic carboxylic acids is 1. The fourth-order valence-electron chi connectivity index (χ4n) is 1.56. The minimum Gasteiger partial charge on any atom is -0.481 e. The molecule has 0 aliphatic rings. The van der Waals surface area contributed by atoms with Gasteiger partial charge in [0.05, 0.1) is 17.1 Å². The number of hydrogen-bond acceptors (Lipinski definition) is 3. The van der Waals surface area contributed by atoms with Crippen LogP contribution in [0.2, 0.25) is 0 Å². The second kappa shape index (κ2) is 5.47. The van der Waals surface area contributed by atoms with Crippen LogP contribution in [0.25, 0.3) is 0 Å². The Morgan fingerprint density at radius 3 is 2.47 bits per heavy atom. The molecule has 1 heterocycles. The van der Waals surface area contributed by atoms with Crippen LogP contribution in [0.15, 0.2) is 0 Å². The maximum absolute atomic E-state index is 11.6. The van der Waals surface area contributed by atoms with Crippen molar-refractivity contribution in [3.63, 3.8) is 0 Å². The Kier molecular flexibility index (Phi) is 4.25. The molecule has 0 bridgehead atoms. The van der Waals surface area contributed by atoms with E-state index in [1.54, 1.807) is 4.68 Å². The molecule has 0 atom stereocenters. The first-order chi connectivity index (χ1) is 7.91. The number of carboxylic acid groups (broad SMARTS) is 1. The summed E-state index contributed by atoms with van der Waals surface area (Å²) in [5.41, 5.74) is 2.36. The molecule has 6 heteroatoms. The Hall–Kier alpha value is -1.85. The fourth-order valence-corrected chi connectivity index (χ4v) is 1.56. The first-order valence-corrected chi connectivity index (χ1v) is 5.43. The summed E-state index contributed by atoms with van der Waals surface area (Å²) in [6, 6.07) is 0. The van der Waals surface area contributed by atoms with Crippen LogP contribution in [0.5, 0.6) is 0 Å². The highest BCUT2D eigenvalue weighted by Gasteiger charge is 2.12. The van der Waals surface area contributed by atoms with Gasteiger partial charge in [0.1, 0.15) is 0 Å². The Balaban J connectivity index is 2.53. The lowest BCUT2D eigenvalue weighted by Gasteiger charge is -2.04. The second-order valence-electron chi connectivity index (χ2n) is 3.96. The molecule has 1 aromatic heterocycles. The van der Waals surface area contributed by atoms with E-state index in [1.807, 2.05) is 20.9 Å². The number of rotatable bonds is 5. The van der Waals surface area contributed by atoms with E-state index in [1.165, 1.54) is 0 Å². The van der Waals surface area contributed by atoms with Gasteiger partial charge in [-0.05, 0) is 20.3 Å². The van der Waals surface area contributed by atoms with Crippen molar-refractivity contribution in [2.24, 2.45) is 7.05 Å². The summed E-state index contributed by atoms with van der Waals surface area (Å²) in [6.45, 7) is 3.69. The highest BCUT2D eigenvalue weighted by molar-refractivity contribution is 5.92. The molecule has 0 aliphatic heterocycles. The standard InChI is InChI=1S/C11H17N3O3/c1-7-11(8(2)14(3)13-7)12-9(15)5-4-6-10(16)17/h4-6H2,1-3H3,(H,12,15)(H,16,17). The molecule has 94 valence electrons. The normalized spacial score (nSPS) is 10.3. The van der Waals surface area contributed by atoms with E-state index in [4.69, 9.17) is 5.11 Å². The lowest BCUT2D eigenvalue weighted by molar-refractivity contribution is -0.137. The third-order valence-electron chi connectivity index (χ3n) is 2.57. The SMILES string of the molecule is Cc1nn(C)c(C)c1NC(=O)CCCC(=O)O. The van der Waals surface area contributed by atoms with Crippen LogP contribution < -0.4 is 5.32 Å². The molecule has 0 saturated heterocycles. The molecule has 0 aliphatic carbocycles. The first-order valence-electron chi connectivity index (χ1n) is 5.43. The van der Waals surface area contributed by atoms with Crippen molar-refractivity contribution in [3.05, 3.63) is 11.4 Å². The summed E-state index contributed by atoms with van der Waals surface area (Å²) in [4.78, 5) is 21.9. The molecule has 1 amide bonds. The maximum Gasteiger partial charge on any atom is 0.303 e. The number of carboxylic acids is 1. The zero-order valence-electron chi connectivity index (χ0n) is 10.3. The van der Waals surface area contributed by atoms with Crippen LogP contribution >= 0.6 is 0 Å². The van der Waals surface area contributed by atoms with Gasteiger partial charge in [-0.15, -0.1) is 0 Å². The van der Waals surface area contributed by atoms with Gasteiger partial charge in [0, 0.05) is 19.9 Å². The van der Waals surface area contributed by atoms with E-state index in [-0.39, 0.29) is 18.7 Å². The van der Waals surface area contributed by atoms with Gasteiger partial charge in [-0.25, -0.2) is 0 Å². The number of hydrogen-bond donors (Lipinski definition) is 2. The van der Waals surface area contributed by atoms with E-state index in [0.29, 0.717) is 12.1 Å². The molecule has 0 fully saturated rings. The number of amides is 1. The highest BCUT2D eigenvalue weighted by atomic mass is 16.4. The third kappa shape index (κ3) is 3.58. The van der Waals surface area contributed by atoms with Crippen molar-refractivity contribution in [2.45, 2.75) is 33.1 Å². The van der Waals surface area contributed by atoms with Crippen molar-refractivity contribution in [3.8, 4) is 0 Å². The monoisotopic (exact) mass is 239 g/mol. The number of aryl methyl sites for hydroxylation is 2. The van der Waals surface area contributed by atoms with Gasteiger partial charge in [-0.1, -0.05) is 0 Å².